The van der Waals surface area contributed by atoms with Crippen LogP contribution in [-0.4, -0.2) is 36.6 Å². The molecule has 2 unspecified atom stereocenters. The van der Waals surface area contributed by atoms with Crippen molar-refractivity contribution in [2.24, 2.45) is 0 Å². The second kappa shape index (κ2) is 5.48. The molecule has 0 amide bonds. The molecule has 2 rings (SSSR count). The molecule has 0 aromatic heterocycles. The van der Waals surface area contributed by atoms with Crippen LogP contribution >= 0.6 is 0 Å². The highest BCUT2D eigenvalue weighted by atomic mass is 16.5. The smallest absolute Gasteiger partial charge is 0.0774 e. The van der Waals surface area contributed by atoms with Gasteiger partial charge in [0.2, 0.25) is 0 Å². The lowest BCUT2D eigenvalue weighted by atomic mass is 9.97. The summed E-state index contributed by atoms with van der Waals surface area (Å²) in [5, 5.41) is 9.59. The Morgan fingerprint density at radius 1 is 1.38 bits per heavy atom. The van der Waals surface area contributed by atoms with Crippen molar-refractivity contribution in [1.82, 2.24) is 0 Å². The summed E-state index contributed by atoms with van der Waals surface area (Å²) >= 11 is 0. The van der Waals surface area contributed by atoms with E-state index >= 15 is 0 Å². The summed E-state index contributed by atoms with van der Waals surface area (Å²) in [5.41, 5.74) is 0.233. The van der Waals surface area contributed by atoms with Crippen LogP contribution in [-0.2, 0) is 9.47 Å². The molecule has 1 aliphatic carbocycles. The summed E-state index contributed by atoms with van der Waals surface area (Å²) < 4.78 is 11.1. The zero-order valence-electron chi connectivity index (χ0n) is 10.3. The van der Waals surface area contributed by atoms with Gasteiger partial charge in [-0.1, -0.05) is 12.8 Å². The Bertz CT molecular complexity index is 211. The van der Waals surface area contributed by atoms with Gasteiger partial charge in [-0.15, -0.1) is 0 Å². The normalized spacial score (nSPS) is 30.0. The number of aliphatic hydroxyl groups excluding tert-OH is 1. The Labute approximate surface area is 98.1 Å². The van der Waals surface area contributed by atoms with Crippen molar-refractivity contribution in [2.75, 3.05) is 13.7 Å². The summed E-state index contributed by atoms with van der Waals surface area (Å²) in [7, 11) is 1.63. The molecule has 16 heavy (non-hydrogen) atoms. The summed E-state index contributed by atoms with van der Waals surface area (Å²) in [4.78, 5) is 0. The third-order valence-corrected chi connectivity index (χ3v) is 4.03. The average molecular weight is 228 g/mol. The highest BCUT2D eigenvalue weighted by molar-refractivity contribution is 4.92. The second-order valence-electron chi connectivity index (χ2n) is 5.36. The number of hydrogen-bond acceptors (Lipinski definition) is 3. The van der Waals surface area contributed by atoms with Crippen LogP contribution in [0.5, 0.6) is 0 Å². The van der Waals surface area contributed by atoms with Gasteiger partial charge in [0, 0.05) is 7.11 Å². The quantitative estimate of drug-likeness (QED) is 0.784. The van der Waals surface area contributed by atoms with Gasteiger partial charge in [-0.05, 0) is 38.5 Å². The van der Waals surface area contributed by atoms with Gasteiger partial charge >= 0.3 is 0 Å². The van der Waals surface area contributed by atoms with Crippen LogP contribution in [0.4, 0.5) is 0 Å². The largest absolute Gasteiger partial charge is 0.391 e. The molecule has 3 heteroatoms. The van der Waals surface area contributed by atoms with E-state index in [1.807, 2.05) is 0 Å². The lowest BCUT2D eigenvalue weighted by Gasteiger charge is -2.24. The van der Waals surface area contributed by atoms with E-state index in [1.54, 1.807) is 7.11 Å². The van der Waals surface area contributed by atoms with Crippen LogP contribution in [0.15, 0.2) is 0 Å². The monoisotopic (exact) mass is 228 g/mol. The van der Waals surface area contributed by atoms with E-state index in [0.717, 1.165) is 12.8 Å². The van der Waals surface area contributed by atoms with Crippen LogP contribution in [0.2, 0.25) is 0 Å². The molecule has 1 heterocycles. The topological polar surface area (TPSA) is 38.7 Å². The predicted octanol–water partition coefficient (Wildman–Crippen LogP) is 2.27. The standard InChI is InChI=1S/C13H24O3/c1-15-10-11(14)4-5-12-6-9-13(16-12)7-2-3-8-13/h11-12,14H,2-10H2,1H3. The molecule has 1 saturated heterocycles. The zero-order chi connectivity index (χ0) is 11.4. The van der Waals surface area contributed by atoms with E-state index in [2.05, 4.69) is 0 Å². The SMILES string of the molecule is COCC(O)CCC1CCC2(CCCC2)O1. The lowest BCUT2D eigenvalue weighted by Crippen LogP contribution is -2.25. The van der Waals surface area contributed by atoms with Crippen LogP contribution in [0, 0.1) is 0 Å². The molecule has 3 nitrogen and oxygen atoms in total. The molecular formula is C13H24O3. The molecule has 2 aliphatic rings. The van der Waals surface area contributed by atoms with E-state index in [-0.39, 0.29) is 11.7 Å². The van der Waals surface area contributed by atoms with Crippen LogP contribution in [0.3, 0.4) is 0 Å². The Morgan fingerprint density at radius 3 is 2.81 bits per heavy atom. The van der Waals surface area contributed by atoms with E-state index in [4.69, 9.17) is 9.47 Å². The first-order valence-corrected chi connectivity index (χ1v) is 6.59. The number of rotatable bonds is 5. The molecule has 0 bridgehead atoms. The van der Waals surface area contributed by atoms with Crippen LogP contribution < -0.4 is 0 Å². The fraction of sp³-hybridized carbons (Fsp3) is 1.00. The van der Waals surface area contributed by atoms with Gasteiger partial charge in [0.25, 0.3) is 0 Å². The zero-order valence-corrected chi connectivity index (χ0v) is 10.3. The summed E-state index contributed by atoms with van der Waals surface area (Å²) in [5.74, 6) is 0. The van der Waals surface area contributed by atoms with Crippen molar-refractivity contribution in [1.29, 1.82) is 0 Å². The predicted molar refractivity (Wildman–Crippen MR) is 62.4 cm³/mol. The van der Waals surface area contributed by atoms with E-state index < -0.39 is 0 Å². The number of aliphatic hydroxyl groups is 1. The van der Waals surface area contributed by atoms with Gasteiger partial charge < -0.3 is 14.6 Å². The fourth-order valence-electron chi connectivity index (χ4n) is 3.14. The highest BCUT2D eigenvalue weighted by Gasteiger charge is 2.41. The average Bonchev–Trinajstić information content (AvgIpc) is 2.88. The Kier molecular flexibility index (Phi) is 4.22. The van der Waals surface area contributed by atoms with Gasteiger partial charge in [-0.2, -0.15) is 0 Å². The van der Waals surface area contributed by atoms with E-state index in [0.29, 0.717) is 12.7 Å². The van der Waals surface area contributed by atoms with Crippen molar-refractivity contribution in [3.8, 4) is 0 Å². The van der Waals surface area contributed by atoms with Crippen molar-refractivity contribution in [3.63, 3.8) is 0 Å². The van der Waals surface area contributed by atoms with Gasteiger partial charge in [-0.3, -0.25) is 0 Å². The maximum absolute atomic E-state index is 9.59. The maximum atomic E-state index is 9.59. The summed E-state index contributed by atoms with van der Waals surface area (Å²) in [6, 6.07) is 0. The summed E-state index contributed by atoms with van der Waals surface area (Å²) in [6.45, 7) is 0.442. The first-order valence-electron chi connectivity index (χ1n) is 6.59. The molecule has 94 valence electrons. The third-order valence-electron chi connectivity index (χ3n) is 4.03. The molecule has 1 spiro atoms. The minimum Gasteiger partial charge on any atom is -0.391 e. The van der Waals surface area contributed by atoms with Crippen molar-refractivity contribution in [2.45, 2.75) is 69.2 Å². The molecule has 1 N–H and O–H groups in total. The molecule has 0 aromatic rings. The maximum Gasteiger partial charge on any atom is 0.0774 e. The minimum atomic E-state index is -0.325. The molecule has 0 aromatic carbocycles. The first-order chi connectivity index (χ1) is 7.74. The second-order valence-corrected chi connectivity index (χ2v) is 5.36. The van der Waals surface area contributed by atoms with Gasteiger partial charge in [0.1, 0.15) is 0 Å². The van der Waals surface area contributed by atoms with Crippen LogP contribution in [0.25, 0.3) is 0 Å². The van der Waals surface area contributed by atoms with Gasteiger partial charge in [0.15, 0.2) is 0 Å². The number of ether oxygens (including phenoxy) is 2. The molecule has 0 radical (unpaired) electrons. The van der Waals surface area contributed by atoms with Gasteiger partial charge in [0.05, 0.1) is 24.4 Å². The Hall–Kier alpha value is -0.120. The number of methoxy groups -OCH3 is 1. The Morgan fingerprint density at radius 2 is 2.12 bits per heavy atom. The molecule has 1 saturated carbocycles. The lowest BCUT2D eigenvalue weighted by molar-refractivity contribution is -0.0452. The Balaban J connectivity index is 1.68. The van der Waals surface area contributed by atoms with E-state index in [1.165, 1.54) is 38.5 Å². The first kappa shape index (κ1) is 12.3. The number of hydrogen-bond donors (Lipinski definition) is 1. The van der Waals surface area contributed by atoms with Crippen molar-refractivity contribution in [3.05, 3.63) is 0 Å². The fourth-order valence-corrected chi connectivity index (χ4v) is 3.14. The molecule has 2 fully saturated rings. The highest BCUT2D eigenvalue weighted by Crippen LogP contribution is 2.44. The molecule has 2 atom stereocenters. The molecular weight excluding hydrogens is 204 g/mol. The van der Waals surface area contributed by atoms with Crippen molar-refractivity contribution >= 4 is 0 Å². The third kappa shape index (κ3) is 2.96. The molecule has 1 aliphatic heterocycles. The van der Waals surface area contributed by atoms with Crippen LogP contribution in [0.1, 0.15) is 51.4 Å². The van der Waals surface area contributed by atoms with Crippen molar-refractivity contribution < 1.29 is 14.6 Å². The summed E-state index contributed by atoms with van der Waals surface area (Å²) in [6.07, 6.45) is 9.42. The van der Waals surface area contributed by atoms with Gasteiger partial charge in [-0.25, -0.2) is 0 Å². The van der Waals surface area contributed by atoms with E-state index in [9.17, 15) is 5.11 Å². The minimum absolute atomic E-state index is 0.233.